The van der Waals surface area contributed by atoms with Crippen molar-refractivity contribution in [2.75, 3.05) is 25.4 Å². The molecule has 2 N–H and O–H groups in total. The minimum Gasteiger partial charge on any atom is -0.481 e. The monoisotopic (exact) mass is 332 g/mol. The first kappa shape index (κ1) is 17.1. The number of carboxylic acids is 1. The second-order valence-electron chi connectivity index (χ2n) is 6.21. The topological polar surface area (TPSA) is 104 Å². The van der Waals surface area contributed by atoms with Crippen LogP contribution in [-0.2, 0) is 14.6 Å². The summed E-state index contributed by atoms with van der Waals surface area (Å²) in [6.07, 6.45) is 4.51. The zero-order chi connectivity index (χ0) is 16.2. The molecule has 0 radical (unpaired) electrons. The lowest BCUT2D eigenvalue weighted by Crippen LogP contribution is -2.60. The fourth-order valence-corrected chi connectivity index (χ4v) is 5.51. The molecule has 126 valence electrons. The first-order valence-electron chi connectivity index (χ1n) is 7.83. The summed E-state index contributed by atoms with van der Waals surface area (Å²) in [7, 11) is -3.15. The van der Waals surface area contributed by atoms with E-state index >= 15 is 0 Å². The third-order valence-electron chi connectivity index (χ3n) is 4.66. The molecule has 0 aromatic heterocycles. The van der Waals surface area contributed by atoms with Gasteiger partial charge in [-0.1, -0.05) is 19.3 Å². The highest BCUT2D eigenvalue weighted by atomic mass is 32.2. The van der Waals surface area contributed by atoms with Crippen molar-refractivity contribution in [2.45, 2.75) is 49.7 Å². The zero-order valence-corrected chi connectivity index (χ0v) is 13.5. The van der Waals surface area contributed by atoms with Crippen LogP contribution >= 0.6 is 0 Å². The summed E-state index contributed by atoms with van der Waals surface area (Å²) in [6, 6.07) is -0.287. The molecule has 0 aromatic carbocycles. The Morgan fingerprint density at radius 1 is 1.18 bits per heavy atom. The minimum atomic E-state index is -3.15. The van der Waals surface area contributed by atoms with Crippen molar-refractivity contribution in [3.8, 4) is 0 Å². The number of nitrogens with zero attached hydrogens (tertiary/aromatic N) is 1. The number of carbonyl (C=O) groups is 2. The third kappa shape index (κ3) is 3.71. The van der Waals surface area contributed by atoms with Gasteiger partial charge in [-0.05, 0) is 19.3 Å². The predicted molar refractivity (Wildman–Crippen MR) is 81.4 cm³/mol. The van der Waals surface area contributed by atoms with Crippen LogP contribution in [0.1, 0.15) is 44.9 Å². The van der Waals surface area contributed by atoms with Crippen molar-refractivity contribution in [1.29, 1.82) is 0 Å². The smallest absolute Gasteiger partial charge is 0.317 e. The normalized spacial score (nSPS) is 23.2. The molecule has 8 heteroatoms. The van der Waals surface area contributed by atoms with E-state index in [0.717, 1.165) is 19.3 Å². The Kier molecular flexibility index (Phi) is 5.31. The fourth-order valence-electron chi connectivity index (χ4n) is 3.36. The number of rotatable bonds is 4. The number of aliphatic carboxylic acids is 1. The lowest BCUT2D eigenvalue weighted by atomic mass is 9.87. The number of nitrogens with one attached hydrogen (secondary N) is 1. The van der Waals surface area contributed by atoms with Gasteiger partial charge in [-0.15, -0.1) is 0 Å². The Hall–Kier alpha value is -1.31. The van der Waals surface area contributed by atoms with E-state index in [-0.39, 0.29) is 31.3 Å². The van der Waals surface area contributed by atoms with Crippen molar-refractivity contribution >= 4 is 21.8 Å². The number of urea groups is 1. The lowest BCUT2D eigenvalue weighted by Gasteiger charge is -2.44. The molecule has 1 saturated heterocycles. The number of amides is 2. The molecule has 1 saturated carbocycles. The number of carbonyl (C=O) groups excluding carboxylic acids is 1. The second-order valence-corrected chi connectivity index (χ2v) is 8.72. The van der Waals surface area contributed by atoms with Gasteiger partial charge in [0.1, 0.15) is 0 Å². The van der Waals surface area contributed by atoms with Crippen LogP contribution in [0.15, 0.2) is 0 Å². The van der Waals surface area contributed by atoms with Gasteiger partial charge in [-0.3, -0.25) is 4.79 Å². The van der Waals surface area contributed by atoms with Crippen LogP contribution in [0.5, 0.6) is 0 Å². The maximum atomic E-state index is 12.4. The first-order valence-corrected chi connectivity index (χ1v) is 9.48. The quantitative estimate of drug-likeness (QED) is 0.747. The van der Waals surface area contributed by atoms with Gasteiger partial charge in [0.2, 0.25) is 0 Å². The van der Waals surface area contributed by atoms with Crippen molar-refractivity contribution in [1.82, 2.24) is 10.2 Å². The molecule has 1 spiro atoms. The molecule has 1 aliphatic heterocycles. The molecule has 22 heavy (non-hydrogen) atoms. The summed E-state index contributed by atoms with van der Waals surface area (Å²) < 4.78 is 24.1. The highest BCUT2D eigenvalue weighted by molar-refractivity contribution is 7.92. The standard InChI is InChI=1S/C14H24N2O5S/c17-12(18)5-4-8-15-13(19)16-9-10-22(20,21)14(11-16)6-2-1-3-7-14/h1-11H2,(H,15,19)(H,17,18). The van der Waals surface area contributed by atoms with E-state index in [2.05, 4.69) is 5.32 Å². The molecule has 2 aliphatic rings. The van der Waals surface area contributed by atoms with Crippen LogP contribution in [0.2, 0.25) is 0 Å². The molecule has 2 amide bonds. The minimum absolute atomic E-state index is 0.0125. The summed E-state index contributed by atoms with van der Waals surface area (Å²) in [5.41, 5.74) is 0. The molecule has 1 aliphatic carbocycles. The molecular weight excluding hydrogens is 308 g/mol. The van der Waals surface area contributed by atoms with Crippen LogP contribution in [0.4, 0.5) is 4.79 Å². The van der Waals surface area contributed by atoms with E-state index in [0.29, 0.717) is 25.8 Å². The van der Waals surface area contributed by atoms with Gasteiger partial charge in [-0.2, -0.15) is 0 Å². The van der Waals surface area contributed by atoms with Crippen LogP contribution in [0.3, 0.4) is 0 Å². The SMILES string of the molecule is O=C(O)CCCNC(=O)N1CCS(=O)(=O)C2(CCCCC2)C1. The Balaban J connectivity index is 1.93. The highest BCUT2D eigenvalue weighted by Gasteiger charge is 2.49. The van der Waals surface area contributed by atoms with Gasteiger partial charge in [0.25, 0.3) is 0 Å². The van der Waals surface area contributed by atoms with Gasteiger partial charge in [-0.25, -0.2) is 13.2 Å². The molecule has 0 bridgehead atoms. The summed E-state index contributed by atoms with van der Waals surface area (Å²) in [5.74, 6) is -0.866. The molecule has 7 nitrogen and oxygen atoms in total. The Labute approximate surface area is 131 Å². The molecule has 2 fully saturated rings. The summed E-state index contributed by atoms with van der Waals surface area (Å²) in [4.78, 5) is 24.2. The van der Waals surface area contributed by atoms with E-state index in [4.69, 9.17) is 5.11 Å². The lowest BCUT2D eigenvalue weighted by molar-refractivity contribution is -0.137. The summed E-state index contributed by atoms with van der Waals surface area (Å²) in [6.45, 7) is 0.774. The van der Waals surface area contributed by atoms with E-state index in [1.165, 1.54) is 0 Å². The number of hydrogen-bond donors (Lipinski definition) is 2. The largest absolute Gasteiger partial charge is 0.481 e. The van der Waals surface area contributed by atoms with Crippen molar-refractivity contribution < 1.29 is 23.1 Å². The fraction of sp³-hybridized carbons (Fsp3) is 0.857. The van der Waals surface area contributed by atoms with E-state index in [9.17, 15) is 18.0 Å². The maximum absolute atomic E-state index is 12.4. The van der Waals surface area contributed by atoms with Gasteiger partial charge < -0.3 is 15.3 Å². The Morgan fingerprint density at radius 2 is 1.86 bits per heavy atom. The highest BCUT2D eigenvalue weighted by Crippen LogP contribution is 2.38. The van der Waals surface area contributed by atoms with Crippen LogP contribution in [-0.4, -0.2) is 60.6 Å². The predicted octanol–water partition coefficient (Wildman–Crippen LogP) is 0.994. The molecular formula is C14H24N2O5S. The zero-order valence-electron chi connectivity index (χ0n) is 12.7. The number of hydrogen-bond acceptors (Lipinski definition) is 4. The van der Waals surface area contributed by atoms with Gasteiger partial charge >= 0.3 is 12.0 Å². The average Bonchev–Trinajstić information content (AvgIpc) is 2.47. The Morgan fingerprint density at radius 3 is 2.50 bits per heavy atom. The van der Waals surface area contributed by atoms with Crippen molar-refractivity contribution in [3.63, 3.8) is 0 Å². The van der Waals surface area contributed by atoms with Crippen molar-refractivity contribution in [3.05, 3.63) is 0 Å². The number of carboxylic acid groups (broad SMARTS) is 1. The molecule has 0 aromatic rings. The van der Waals surface area contributed by atoms with Crippen LogP contribution in [0, 0.1) is 0 Å². The average molecular weight is 332 g/mol. The van der Waals surface area contributed by atoms with Crippen LogP contribution in [0.25, 0.3) is 0 Å². The summed E-state index contributed by atoms with van der Waals surface area (Å²) >= 11 is 0. The van der Waals surface area contributed by atoms with E-state index < -0.39 is 20.6 Å². The number of sulfone groups is 1. The third-order valence-corrected chi connectivity index (χ3v) is 7.24. The van der Waals surface area contributed by atoms with Crippen LogP contribution < -0.4 is 5.32 Å². The van der Waals surface area contributed by atoms with Gasteiger partial charge in [0.05, 0.1) is 10.5 Å². The first-order chi connectivity index (χ1) is 10.4. The Bertz CT molecular complexity index is 525. The van der Waals surface area contributed by atoms with Crippen molar-refractivity contribution in [2.24, 2.45) is 0 Å². The maximum Gasteiger partial charge on any atom is 0.317 e. The second kappa shape index (κ2) is 6.85. The summed E-state index contributed by atoms with van der Waals surface area (Å²) in [5, 5.41) is 11.2. The van der Waals surface area contributed by atoms with Gasteiger partial charge in [0, 0.05) is 26.1 Å². The molecule has 0 atom stereocenters. The van der Waals surface area contributed by atoms with E-state index in [1.807, 2.05) is 0 Å². The van der Waals surface area contributed by atoms with E-state index in [1.54, 1.807) is 4.90 Å². The van der Waals surface area contributed by atoms with Gasteiger partial charge in [0.15, 0.2) is 9.84 Å². The molecule has 2 rings (SSSR count). The molecule has 1 heterocycles. The molecule has 0 unspecified atom stereocenters.